The van der Waals surface area contributed by atoms with Crippen LogP contribution in [0.1, 0.15) is 31.9 Å². The van der Waals surface area contributed by atoms with Crippen molar-refractivity contribution in [3.63, 3.8) is 0 Å². The van der Waals surface area contributed by atoms with Crippen molar-refractivity contribution < 1.29 is 4.74 Å². The van der Waals surface area contributed by atoms with Crippen molar-refractivity contribution in [1.82, 2.24) is 10.6 Å². The van der Waals surface area contributed by atoms with Gasteiger partial charge in [0.05, 0.1) is 13.2 Å². The van der Waals surface area contributed by atoms with Crippen LogP contribution in [0.4, 0.5) is 0 Å². The lowest BCUT2D eigenvalue weighted by atomic mass is 9.84. The van der Waals surface area contributed by atoms with Gasteiger partial charge in [0.25, 0.3) is 0 Å². The SMILES string of the molecule is CCNC(=NCC(C)(C)c1cccc(C)c1)NCCOC.I. The number of aliphatic imine (C=N–C) groups is 1. The number of nitrogens with one attached hydrogen (secondary N) is 2. The molecule has 0 bridgehead atoms. The fourth-order valence-electron chi connectivity index (χ4n) is 2.05. The van der Waals surface area contributed by atoms with E-state index in [1.807, 2.05) is 0 Å². The Morgan fingerprint density at radius 2 is 2.00 bits per heavy atom. The normalized spacial score (nSPS) is 11.8. The first-order valence-corrected chi connectivity index (χ1v) is 7.58. The van der Waals surface area contributed by atoms with Crippen LogP contribution in [-0.2, 0) is 10.2 Å². The Balaban J connectivity index is 0.00000441. The molecule has 0 amide bonds. The molecular formula is C17H30IN3O. The molecule has 0 radical (unpaired) electrons. The van der Waals surface area contributed by atoms with Gasteiger partial charge >= 0.3 is 0 Å². The summed E-state index contributed by atoms with van der Waals surface area (Å²) in [6.07, 6.45) is 0. The van der Waals surface area contributed by atoms with E-state index in [4.69, 9.17) is 9.73 Å². The molecule has 1 aromatic carbocycles. The Morgan fingerprint density at radius 1 is 1.27 bits per heavy atom. The highest BCUT2D eigenvalue weighted by atomic mass is 127. The number of methoxy groups -OCH3 is 1. The van der Waals surface area contributed by atoms with E-state index in [0.717, 1.165) is 25.6 Å². The fraction of sp³-hybridized carbons (Fsp3) is 0.588. The monoisotopic (exact) mass is 419 g/mol. The first-order chi connectivity index (χ1) is 9.99. The number of rotatable bonds is 7. The Bertz CT molecular complexity index is 461. The minimum atomic E-state index is 0. The molecule has 1 aromatic rings. The molecule has 2 N–H and O–H groups in total. The third-order valence-corrected chi connectivity index (χ3v) is 3.37. The van der Waals surface area contributed by atoms with Crippen LogP contribution < -0.4 is 10.6 Å². The van der Waals surface area contributed by atoms with E-state index < -0.39 is 0 Å². The zero-order valence-corrected chi connectivity index (χ0v) is 16.7. The van der Waals surface area contributed by atoms with E-state index in [9.17, 15) is 0 Å². The predicted octanol–water partition coefficient (Wildman–Crippen LogP) is 3.09. The molecule has 0 aromatic heterocycles. The molecule has 0 saturated carbocycles. The second-order valence-electron chi connectivity index (χ2n) is 5.87. The maximum Gasteiger partial charge on any atom is 0.191 e. The number of nitrogens with zero attached hydrogens (tertiary/aromatic N) is 1. The fourth-order valence-corrected chi connectivity index (χ4v) is 2.05. The van der Waals surface area contributed by atoms with Gasteiger partial charge in [-0.1, -0.05) is 43.7 Å². The molecule has 1 rings (SSSR count). The summed E-state index contributed by atoms with van der Waals surface area (Å²) >= 11 is 0. The zero-order valence-electron chi connectivity index (χ0n) is 14.4. The van der Waals surface area contributed by atoms with Crippen LogP contribution in [-0.4, -0.2) is 39.3 Å². The Morgan fingerprint density at radius 3 is 2.59 bits per heavy atom. The number of guanidine groups is 1. The number of hydrogen-bond acceptors (Lipinski definition) is 2. The van der Waals surface area contributed by atoms with Crippen LogP contribution in [0.3, 0.4) is 0 Å². The van der Waals surface area contributed by atoms with Crippen molar-refractivity contribution in [2.24, 2.45) is 4.99 Å². The summed E-state index contributed by atoms with van der Waals surface area (Å²) in [6.45, 7) is 11.7. The van der Waals surface area contributed by atoms with E-state index in [2.05, 4.69) is 62.6 Å². The Labute approximate surface area is 152 Å². The summed E-state index contributed by atoms with van der Waals surface area (Å²) in [6, 6.07) is 8.64. The van der Waals surface area contributed by atoms with Crippen molar-refractivity contribution >= 4 is 29.9 Å². The molecule has 22 heavy (non-hydrogen) atoms. The van der Waals surface area contributed by atoms with Crippen molar-refractivity contribution in [3.8, 4) is 0 Å². The van der Waals surface area contributed by atoms with Crippen molar-refractivity contribution in [1.29, 1.82) is 0 Å². The van der Waals surface area contributed by atoms with Gasteiger partial charge in [0, 0.05) is 25.6 Å². The second-order valence-corrected chi connectivity index (χ2v) is 5.87. The van der Waals surface area contributed by atoms with Gasteiger partial charge in [0.15, 0.2) is 5.96 Å². The molecule has 0 aliphatic heterocycles. The summed E-state index contributed by atoms with van der Waals surface area (Å²) in [5, 5.41) is 6.53. The minimum absolute atomic E-state index is 0. The van der Waals surface area contributed by atoms with Crippen LogP contribution in [0.5, 0.6) is 0 Å². The van der Waals surface area contributed by atoms with Crippen LogP contribution >= 0.6 is 24.0 Å². The highest BCUT2D eigenvalue weighted by Crippen LogP contribution is 2.24. The molecule has 0 unspecified atom stereocenters. The molecule has 0 aliphatic carbocycles. The molecule has 5 heteroatoms. The van der Waals surface area contributed by atoms with E-state index in [-0.39, 0.29) is 29.4 Å². The van der Waals surface area contributed by atoms with Gasteiger partial charge in [-0.2, -0.15) is 0 Å². The lowest BCUT2D eigenvalue weighted by molar-refractivity contribution is 0.203. The van der Waals surface area contributed by atoms with E-state index in [1.165, 1.54) is 11.1 Å². The largest absolute Gasteiger partial charge is 0.383 e. The average molecular weight is 419 g/mol. The van der Waals surface area contributed by atoms with Crippen molar-refractivity contribution in [2.75, 3.05) is 33.4 Å². The second kappa shape index (κ2) is 10.8. The molecule has 0 fully saturated rings. The zero-order chi connectivity index (χ0) is 15.7. The highest BCUT2D eigenvalue weighted by molar-refractivity contribution is 14.0. The van der Waals surface area contributed by atoms with Crippen LogP contribution in [0.25, 0.3) is 0 Å². The Kier molecular flexibility index (Phi) is 10.4. The molecule has 0 heterocycles. The van der Waals surface area contributed by atoms with E-state index >= 15 is 0 Å². The topological polar surface area (TPSA) is 45.7 Å². The standard InChI is InChI=1S/C17H29N3O.HI/c1-6-18-16(19-10-11-21-5)20-13-17(3,4)15-9-7-8-14(2)12-15;/h7-9,12H,6,10-11,13H2,1-5H3,(H2,18,19,20);1H. The summed E-state index contributed by atoms with van der Waals surface area (Å²) < 4.78 is 5.05. The summed E-state index contributed by atoms with van der Waals surface area (Å²) in [7, 11) is 1.70. The van der Waals surface area contributed by atoms with Crippen molar-refractivity contribution in [3.05, 3.63) is 35.4 Å². The van der Waals surface area contributed by atoms with E-state index in [0.29, 0.717) is 6.61 Å². The Hall–Kier alpha value is -0.820. The molecule has 0 atom stereocenters. The van der Waals surface area contributed by atoms with Gasteiger partial charge in [0.2, 0.25) is 0 Å². The maximum atomic E-state index is 5.05. The summed E-state index contributed by atoms with van der Waals surface area (Å²) in [5.74, 6) is 0.843. The van der Waals surface area contributed by atoms with Crippen LogP contribution in [0.2, 0.25) is 0 Å². The van der Waals surface area contributed by atoms with E-state index in [1.54, 1.807) is 7.11 Å². The number of halogens is 1. The quantitative estimate of drug-likeness (QED) is 0.309. The molecule has 126 valence electrons. The van der Waals surface area contributed by atoms with Gasteiger partial charge in [-0.05, 0) is 19.4 Å². The average Bonchev–Trinajstić information content (AvgIpc) is 2.45. The first-order valence-electron chi connectivity index (χ1n) is 7.58. The lowest BCUT2D eigenvalue weighted by Gasteiger charge is -2.24. The number of benzene rings is 1. The maximum absolute atomic E-state index is 5.05. The van der Waals surface area contributed by atoms with Crippen molar-refractivity contribution in [2.45, 2.75) is 33.1 Å². The van der Waals surface area contributed by atoms with Gasteiger partial charge in [-0.25, -0.2) is 0 Å². The molecule has 0 saturated heterocycles. The minimum Gasteiger partial charge on any atom is -0.383 e. The third kappa shape index (κ3) is 7.45. The number of aryl methyl sites for hydroxylation is 1. The summed E-state index contributed by atoms with van der Waals surface area (Å²) in [4.78, 5) is 4.70. The van der Waals surface area contributed by atoms with Gasteiger partial charge < -0.3 is 15.4 Å². The van der Waals surface area contributed by atoms with Crippen LogP contribution in [0.15, 0.2) is 29.3 Å². The van der Waals surface area contributed by atoms with Gasteiger partial charge in [0.1, 0.15) is 0 Å². The van der Waals surface area contributed by atoms with Crippen LogP contribution in [0, 0.1) is 6.92 Å². The molecule has 4 nitrogen and oxygen atoms in total. The summed E-state index contributed by atoms with van der Waals surface area (Å²) in [5.41, 5.74) is 2.61. The molecule has 0 aliphatic rings. The smallest absolute Gasteiger partial charge is 0.191 e. The number of hydrogen-bond donors (Lipinski definition) is 2. The number of ether oxygens (including phenoxy) is 1. The predicted molar refractivity (Wildman–Crippen MR) is 105 cm³/mol. The van der Waals surface area contributed by atoms with Gasteiger partial charge in [-0.15, -0.1) is 24.0 Å². The third-order valence-electron chi connectivity index (χ3n) is 3.37. The lowest BCUT2D eigenvalue weighted by Crippen LogP contribution is -2.40. The van der Waals surface area contributed by atoms with Gasteiger partial charge in [-0.3, -0.25) is 4.99 Å². The molecular weight excluding hydrogens is 389 g/mol. The molecule has 0 spiro atoms. The first kappa shape index (κ1) is 21.2. The highest BCUT2D eigenvalue weighted by Gasteiger charge is 2.20.